The first-order valence-electron chi connectivity index (χ1n) is 10.7. The molecule has 0 unspecified atom stereocenters. The van der Waals surface area contributed by atoms with E-state index >= 15 is 0 Å². The summed E-state index contributed by atoms with van der Waals surface area (Å²) in [5.41, 5.74) is 0.0627. The normalized spacial score (nSPS) is 17.4. The topological polar surface area (TPSA) is 129 Å². The predicted molar refractivity (Wildman–Crippen MR) is 120 cm³/mol. The van der Waals surface area contributed by atoms with Gasteiger partial charge in [0.15, 0.2) is 5.69 Å². The number of anilines is 1. The third kappa shape index (κ3) is 4.08. The Morgan fingerprint density at radius 1 is 1.26 bits per heavy atom. The molecule has 1 aliphatic carbocycles. The van der Waals surface area contributed by atoms with Gasteiger partial charge in [0.2, 0.25) is 11.6 Å². The number of hydrogen-bond donors (Lipinski definition) is 1. The summed E-state index contributed by atoms with van der Waals surface area (Å²) in [5, 5.41) is 14.9. The molecule has 11 nitrogen and oxygen atoms in total. The van der Waals surface area contributed by atoms with Gasteiger partial charge in [-0.3, -0.25) is 4.52 Å². The van der Waals surface area contributed by atoms with Crippen molar-refractivity contribution in [2.45, 2.75) is 45.3 Å². The summed E-state index contributed by atoms with van der Waals surface area (Å²) in [6, 6.07) is 4.15. The number of halogens is 2. The van der Waals surface area contributed by atoms with Crippen LogP contribution in [0.4, 0.5) is 15.0 Å². The van der Waals surface area contributed by atoms with Crippen molar-refractivity contribution in [1.82, 2.24) is 24.9 Å². The number of amides is 1. The third-order valence-corrected chi connectivity index (χ3v) is 6.48. The lowest BCUT2D eigenvalue weighted by Gasteiger charge is -2.58. The summed E-state index contributed by atoms with van der Waals surface area (Å²) in [4.78, 5) is 26.2. The molecule has 5 rings (SSSR count). The predicted octanol–water partition coefficient (Wildman–Crippen LogP) is 3.59. The first-order valence-corrected chi connectivity index (χ1v) is 11.4. The largest absolute Gasteiger partial charge is 0.446 e. The number of nitrogens with one attached hydrogen (secondary N) is 1. The maximum Gasteiger partial charge on any atom is 0.446 e. The van der Waals surface area contributed by atoms with Crippen LogP contribution in [-0.2, 0) is 4.74 Å². The van der Waals surface area contributed by atoms with Crippen LogP contribution >= 0.6 is 15.9 Å². The van der Waals surface area contributed by atoms with Crippen molar-refractivity contribution in [1.29, 1.82) is 0 Å². The van der Waals surface area contributed by atoms with Crippen molar-refractivity contribution >= 4 is 27.8 Å². The fourth-order valence-electron chi connectivity index (χ4n) is 4.44. The van der Waals surface area contributed by atoms with Crippen molar-refractivity contribution in [3.8, 4) is 17.2 Å². The minimum Gasteiger partial charge on any atom is -0.444 e. The van der Waals surface area contributed by atoms with E-state index in [1.165, 1.54) is 18.2 Å². The fraction of sp³-hybridized carbons (Fsp3) is 0.476. The van der Waals surface area contributed by atoms with Gasteiger partial charge in [-0.15, -0.1) is 0 Å². The summed E-state index contributed by atoms with van der Waals surface area (Å²) in [6.45, 7) is 6.82. The van der Waals surface area contributed by atoms with E-state index in [1.54, 1.807) is 4.90 Å². The van der Waals surface area contributed by atoms with Crippen LogP contribution in [0, 0.1) is 11.2 Å². The number of aromatic nitrogens is 4. The molecule has 1 N–H and O–H groups in total. The smallest absolute Gasteiger partial charge is 0.444 e. The molecule has 3 aromatic rings. The Kier molecular flexibility index (Phi) is 5.26. The van der Waals surface area contributed by atoms with Crippen LogP contribution < -0.4 is 11.1 Å². The maximum absolute atomic E-state index is 13.7. The molecule has 1 spiro atoms. The van der Waals surface area contributed by atoms with E-state index in [2.05, 4.69) is 36.7 Å². The van der Waals surface area contributed by atoms with Gasteiger partial charge in [0, 0.05) is 24.5 Å². The van der Waals surface area contributed by atoms with Gasteiger partial charge >= 0.3 is 11.8 Å². The Hall–Kier alpha value is -3.22. The molecule has 34 heavy (non-hydrogen) atoms. The lowest BCUT2D eigenvalue weighted by Crippen LogP contribution is -2.66. The summed E-state index contributed by atoms with van der Waals surface area (Å²) in [7, 11) is 0. The molecular weight excluding hydrogens is 515 g/mol. The van der Waals surface area contributed by atoms with Crippen LogP contribution in [0.1, 0.15) is 33.6 Å². The Morgan fingerprint density at radius 3 is 2.68 bits per heavy atom. The molecule has 0 radical (unpaired) electrons. The Bertz CT molecular complexity index is 1300. The van der Waals surface area contributed by atoms with Crippen LogP contribution in [0.15, 0.2) is 36.6 Å². The molecule has 1 saturated carbocycles. The lowest BCUT2D eigenvalue weighted by atomic mass is 9.61. The number of benzene rings is 1. The van der Waals surface area contributed by atoms with Gasteiger partial charge in [0.25, 0.3) is 0 Å². The lowest BCUT2D eigenvalue weighted by molar-refractivity contribution is -0.0739. The molecule has 1 aromatic carbocycles. The van der Waals surface area contributed by atoms with Gasteiger partial charge in [-0.25, -0.2) is 23.2 Å². The van der Waals surface area contributed by atoms with Gasteiger partial charge in [-0.1, -0.05) is 5.16 Å². The molecule has 0 bridgehead atoms. The molecule has 2 aliphatic rings. The molecule has 13 heteroatoms. The molecule has 2 aromatic heterocycles. The van der Waals surface area contributed by atoms with Crippen LogP contribution in [0.2, 0.25) is 0 Å². The van der Waals surface area contributed by atoms with Crippen molar-refractivity contribution in [2.75, 3.05) is 18.4 Å². The molecule has 180 valence electrons. The van der Waals surface area contributed by atoms with Crippen LogP contribution in [-0.4, -0.2) is 55.8 Å². The number of nitrogens with zero attached hydrogens (tertiary/aromatic N) is 5. The van der Waals surface area contributed by atoms with Gasteiger partial charge < -0.3 is 15.0 Å². The van der Waals surface area contributed by atoms with Crippen molar-refractivity contribution in [3.63, 3.8) is 0 Å². The second-order valence-corrected chi connectivity index (χ2v) is 10.6. The number of carbonyl (C=O) groups excluding carboxylic acids is 1. The van der Waals surface area contributed by atoms with E-state index in [-0.39, 0.29) is 33.5 Å². The maximum atomic E-state index is 13.7. The van der Waals surface area contributed by atoms with E-state index in [0.717, 1.165) is 17.4 Å². The first kappa shape index (κ1) is 22.6. The zero-order chi connectivity index (χ0) is 24.3. The average Bonchev–Trinajstić information content (AvgIpc) is 3.29. The molecule has 1 amide bonds. The molecular formula is C21H22BrFN6O5. The summed E-state index contributed by atoms with van der Waals surface area (Å²) in [5.74, 6) is -0.852. The van der Waals surface area contributed by atoms with Crippen LogP contribution in [0.3, 0.4) is 0 Å². The highest BCUT2D eigenvalue weighted by Gasteiger charge is 2.54. The van der Waals surface area contributed by atoms with Crippen molar-refractivity contribution < 1.29 is 23.1 Å². The number of ether oxygens (including phenoxy) is 1. The number of hydrogen-bond acceptors (Lipinski definition) is 9. The second kappa shape index (κ2) is 7.93. The highest BCUT2D eigenvalue weighted by molar-refractivity contribution is 9.10. The molecule has 0 atom stereocenters. The molecule has 1 aliphatic heterocycles. The van der Waals surface area contributed by atoms with Crippen LogP contribution in [0.5, 0.6) is 0 Å². The van der Waals surface area contributed by atoms with E-state index in [1.807, 2.05) is 20.8 Å². The monoisotopic (exact) mass is 536 g/mol. The van der Waals surface area contributed by atoms with E-state index in [4.69, 9.17) is 13.9 Å². The minimum atomic E-state index is -0.762. The summed E-state index contributed by atoms with van der Waals surface area (Å²) in [6.07, 6.45) is 1.36. The highest BCUT2D eigenvalue weighted by atomic mass is 79.9. The third-order valence-electron chi connectivity index (χ3n) is 5.87. The first-order chi connectivity index (χ1) is 16.0. The van der Waals surface area contributed by atoms with Crippen molar-refractivity contribution in [2.24, 2.45) is 5.41 Å². The number of rotatable bonds is 4. The van der Waals surface area contributed by atoms with Gasteiger partial charge in [0.1, 0.15) is 11.4 Å². The zero-order valence-electron chi connectivity index (χ0n) is 18.7. The van der Waals surface area contributed by atoms with Gasteiger partial charge in [-0.2, -0.15) is 0 Å². The Labute approximate surface area is 201 Å². The van der Waals surface area contributed by atoms with E-state index in [9.17, 15) is 14.0 Å². The van der Waals surface area contributed by atoms with Crippen LogP contribution in [0.25, 0.3) is 17.2 Å². The average molecular weight is 537 g/mol. The highest BCUT2D eigenvalue weighted by Crippen LogP contribution is 2.49. The van der Waals surface area contributed by atoms with Crippen molar-refractivity contribution in [3.05, 3.63) is 39.0 Å². The quantitative estimate of drug-likeness (QED) is 0.531. The standard InChI is InChI=1S/C21H22BrFN6O5/c1-20(2,3)32-18(30)28-9-21(10-28)7-11(8-21)24-16-15(25-34-26-16)17-27-33-19(31)29(17)12-4-5-14(23)13(22)6-12/h4-6,11H,7-10H2,1-3H3,(H,24,26). The Balaban J connectivity index is 1.27. The van der Waals surface area contributed by atoms with E-state index < -0.39 is 17.2 Å². The minimum absolute atomic E-state index is 0.0578. The van der Waals surface area contributed by atoms with E-state index in [0.29, 0.717) is 24.6 Å². The zero-order valence-corrected chi connectivity index (χ0v) is 20.3. The number of likely N-dealkylation sites (tertiary alicyclic amines) is 1. The van der Waals surface area contributed by atoms with Gasteiger partial charge in [0.05, 0.1) is 10.2 Å². The van der Waals surface area contributed by atoms with Gasteiger partial charge in [-0.05, 0) is 78.1 Å². The molecule has 1 saturated heterocycles. The number of carbonyl (C=O) groups is 1. The molecule has 2 fully saturated rings. The fourth-order valence-corrected chi connectivity index (χ4v) is 4.81. The summed E-state index contributed by atoms with van der Waals surface area (Å²) < 4.78 is 30.1. The molecule has 3 heterocycles. The summed E-state index contributed by atoms with van der Waals surface area (Å²) >= 11 is 3.11. The second-order valence-electron chi connectivity index (χ2n) is 9.75. The Morgan fingerprint density at radius 2 is 2.00 bits per heavy atom. The SMILES string of the molecule is CC(C)(C)OC(=O)N1CC2(CC(Nc3nonc3-c3noc(=O)n3-c3ccc(F)c(Br)c3)C2)C1.